The molecule has 0 spiro atoms. The van der Waals surface area contributed by atoms with E-state index < -0.39 is 0 Å². The molecule has 0 aromatic carbocycles. The third-order valence-electron chi connectivity index (χ3n) is 9.05. The molecule has 274 valence electrons. The van der Waals surface area contributed by atoms with Gasteiger partial charge in [0.2, 0.25) is 0 Å². The van der Waals surface area contributed by atoms with E-state index >= 15 is 0 Å². The summed E-state index contributed by atoms with van der Waals surface area (Å²) in [5, 5.41) is 9.97. The van der Waals surface area contributed by atoms with E-state index in [9.17, 15) is 14.7 Å². The molecule has 6 nitrogen and oxygen atoms in total. The second-order valence-corrected chi connectivity index (χ2v) is 14.0. The highest BCUT2D eigenvalue weighted by Crippen LogP contribution is 2.18. The monoisotopic (exact) mass is 654 g/mol. The second kappa shape index (κ2) is 35.2. The first-order valence-corrected chi connectivity index (χ1v) is 20.2. The van der Waals surface area contributed by atoms with Crippen molar-refractivity contribution in [3.8, 4) is 0 Å². The van der Waals surface area contributed by atoms with E-state index in [0.29, 0.717) is 19.4 Å². The number of carbonyl (C=O) groups is 2. The number of nitrogens with zero attached hydrogens (tertiary/aromatic N) is 1. The van der Waals surface area contributed by atoms with Crippen LogP contribution >= 0.6 is 0 Å². The molecule has 0 saturated carbocycles. The molecule has 6 heteroatoms. The average molecular weight is 654 g/mol. The third kappa shape index (κ3) is 32.8. The van der Waals surface area contributed by atoms with E-state index in [-0.39, 0.29) is 24.1 Å². The summed E-state index contributed by atoms with van der Waals surface area (Å²) in [4.78, 5) is 26.9. The van der Waals surface area contributed by atoms with Crippen LogP contribution < -0.4 is 0 Å². The summed E-state index contributed by atoms with van der Waals surface area (Å²) in [5.41, 5.74) is 0. The number of ether oxygens (including phenoxy) is 2. The van der Waals surface area contributed by atoms with Gasteiger partial charge in [0.1, 0.15) is 6.10 Å². The summed E-state index contributed by atoms with van der Waals surface area (Å²) >= 11 is 0. The number of hydrogen-bond acceptors (Lipinski definition) is 6. The minimum atomic E-state index is -0.310. The van der Waals surface area contributed by atoms with Gasteiger partial charge in [-0.25, -0.2) is 0 Å². The summed E-state index contributed by atoms with van der Waals surface area (Å²) in [5.74, 6) is -0.0332. The summed E-state index contributed by atoms with van der Waals surface area (Å²) in [7, 11) is 0. The first-order valence-electron chi connectivity index (χ1n) is 20.2. The van der Waals surface area contributed by atoms with Gasteiger partial charge in [0.25, 0.3) is 0 Å². The minimum Gasteiger partial charge on any atom is -0.466 e. The van der Waals surface area contributed by atoms with Gasteiger partial charge in [-0.05, 0) is 77.8 Å². The Bertz CT molecular complexity index is 656. The van der Waals surface area contributed by atoms with Gasteiger partial charge in [-0.2, -0.15) is 0 Å². The second-order valence-electron chi connectivity index (χ2n) is 14.0. The standard InChI is InChI=1S/C40H79NO5/c1-5-8-11-16-23-30-38(29-22-13-10-7-3)46-40(44)32-25-18-15-20-27-34-41(36-37(4)42)33-26-19-14-17-24-31-39(43)45-35-28-21-12-9-6-2/h37-38,42H,5-36H2,1-4H3/t37-,38?/m1/s1. The number of carbonyl (C=O) groups excluding carboxylic acids is 2. The Kier molecular flexibility index (Phi) is 34.3. The zero-order valence-electron chi connectivity index (χ0n) is 31.3. The van der Waals surface area contributed by atoms with Crippen molar-refractivity contribution in [2.24, 2.45) is 0 Å². The molecule has 0 heterocycles. The fourth-order valence-electron chi connectivity index (χ4n) is 6.18. The van der Waals surface area contributed by atoms with E-state index in [1.807, 2.05) is 6.92 Å². The number of hydrogen-bond donors (Lipinski definition) is 1. The Hall–Kier alpha value is -1.14. The zero-order valence-corrected chi connectivity index (χ0v) is 31.3. The Morgan fingerprint density at radius 3 is 1.48 bits per heavy atom. The normalized spacial score (nSPS) is 12.8. The molecule has 0 aliphatic rings. The lowest BCUT2D eigenvalue weighted by Crippen LogP contribution is -2.32. The number of unbranched alkanes of at least 4 members (excludes halogenated alkanes) is 19. The van der Waals surface area contributed by atoms with E-state index in [0.717, 1.165) is 110 Å². The van der Waals surface area contributed by atoms with Crippen LogP contribution in [-0.2, 0) is 19.1 Å². The molecule has 46 heavy (non-hydrogen) atoms. The van der Waals surface area contributed by atoms with Crippen LogP contribution in [0.2, 0.25) is 0 Å². The molecule has 0 saturated heterocycles. The Morgan fingerprint density at radius 2 is 0.957 bits per heavy atom. The zero-order chi connectivity index (χ0) is 33.9. The SMILES string of the molecule is CCCCCCCOC(=O)CCCCCCCN(CCCCCCCC(=O)OC(CCCCCC)CCCCCCC)C[C@@H](C)O. The first-order chi connectivity index (χ1) is 22.4. The maximum Gasteiger partial charge on any atom is 0.306 e. The predicted octanol–water partition coefficient (Wildman–Crippen LogP) is 11.1. The van der Waals surface area contributed by atoms with Gasteiger partial charge in [-0.3, -0.25) is 9.59 Å². The number of rotatable bonds is 36. The van der Waals surface area contributed by atoms with Crippen molar-refractivity contribution in [3.05, 3.63) is 0 Å². The van der Waals surface area contributed by atoms with Crippen molar-refractivity contribution in [1.29, 1.82) is 0 Å². The van der Waals surface area contributed by atoms with Crippen molar-refractivity contribution in [2.75, 3.05) is 26.2 Å². The molecule has 0 aromatic rings. The van der Waals surface area contributed by atoms with Crippen LogP contribution in [0.1, 0.15) is 207 Å². The van der Waals surface area contributed by atoms with Crippen LogP contribution in [0.3, 0.4) is 0 Å². The lowest BCUT2D eigenvalue weighted by Gasteiger charge is -2.23. The molecular weight excluding hydrogens is 574 g/mol. The number of esters is 2. The fourth-order valence-corrected chi connectivity index (χ4v) is 6.18. The van der Waals surface area contributed by atoms with Crippen LogP contribution in [0.5, 0.6) is 0 Å². The van der Waals surface area contributed by atoms with Crippen LogP contribution in [0, 0.1) is 0 Å². The van der Waals surface area contributed by atoms with Crippen LogP contribution in [0.25, 0.3) is 0 Å². The number of aliphatic hydroxyl groups excluding tert-OH is 1. The van der Waals surface area contributed by atoms with Gasteiger partial charge in [-0.1, -0.05) is 130 Å². The van der Waals surface area contributed by atoms with Crippen molar-refractivity contribution >= 4 is 11.9 Å². The van der Waals surface area contributed by atoms with Crippen molar-refractivity contribution < 1.29 is 24.2 Å². The summed E-state index contributed by atoms with van der Waals surface area (Å²) in [6.45, 7) is 11.9. The van der Waals surface area contributed by atoms with Gasteiger partial charge in [0.15, 0.2) is 0 Å². The van der Waals surface area contributed by atoms with Gasteiger partial charge in [0.05, 0.1) is 12.7 Å². The fraction of sp³-hybridized carbons (Fsp3) is 0.950. The van der Waals surface area contributed by atoms with Crippen molar-refractivity contribution in [3.63, 3.8) is 0 Å². The molecule has 2 atom stereocenters. The van der Waals surface area contributed by atoms with Gasteiger partial charge in [0, 0.05) is 19.4 Å². The molecular formula is C40H79NO5. The van der Waals surface area contributed by atoms with Crippen LogP contribution in [0.15, 0.2) is 0 Å². The number of aliphatic hydroxyl groups is 1. The maximum atomic E-state index is 12.6. The quantitative estimate of drug-likeness (QED) is 0.0535. The molecule has 0 aromatic heterocycles. The largest absolute Gasteiger partial charge is 0.466 e. The minimum absolute atomic E-state index is 0.00487. The molecule has 0 fully saturated rings. The first kappa shape index (κ1) is 44.9. The third-order valence-corrected chi connectivity index (χ3v) is 9.05. The molecule has 0 aliphatic carbocycles. The maximum absolute atomic E-state index is 12.6. The Labute approximate surface area is 286 Å². The summed E-state index contributed by atoms with van der Waals surface area (Å²) in [6.07, 6.45) is 31.0. The molecule has 0 amide bonds. The van der Waals surface area contributed by atoms with Crippen molar-refractivity contribution in [2.45, 2.75) is 220 Å². The summed E-state index contributed by atoms with van der Waals surface area (Å²) < 4.78 is 11.3. The van der Waals surface area contributed by atoms with Gasteiger partial charge < -0.3 is 19.5 Å². The van der Waals surface area contributed by atoms with Gasteiger partial charge >= 0.3 is 11.9 Å². The highest BCUT2D eigenvalue weighted by atomic mass is 16.5. The molecule has 1 N–H and O–H groups in total. The highest BCUT2D eigenvalue weighted by molar-refractivity contribution is 5.69. The van der Waals surface area contributed by atoms with E-state index in [2.05, 4.69) is 25.7 Å². The topological polar surface area (TPSA) is 76.1 Å². The van der Waals surface area contributed by atoms with E-state index in [1.165, 1.54) is 77.0 Å². The lowest BCUT2D eigenvalue weighted by atomic mass is 10.0. The molecule has 1 unspecified atom stereocenters. The summed E-state index contributed by atoms with van der Waals surface area (Å²) in [6, 6.07) is 0. The predicted molar refractivity (Wildman–Crippen MR) is 195 cm³/mol. The lowest BCUT2D eigenvalue weighted by molar-refractivity contribution is -0.150. The molecule has 0 radical (unpaired) electrons. The highest BCUT2D eigenvalue weighted by Gasteiger charge is 2.14. The Balaban J connectivity index is 3.99. The molecule has 0 aliphatic heterocycles. The molecule has 0 rings (SSSR count). The van der Waals surface area contributed by atoms with E-state index in [1.54, 1.807) is 0 Å². The van der Waals surface area contributed by atoms with Crippen molar-refractivity contribution in [1.82, 2.24) is 4.90 Å². The van der Waals surface area contributed by atoms with Gasteiger partial charge in [-0.15, -0.1) is 0 Å². The van der Waals surface area contributed by atoms with Crippen LogP contribution in [0.4, 0.5) is 0 Å². The Morgan fingerprint density at radius 1 is 0.543 bits per heavy atom. The molecule has 0 bridgehead atoms. The van der Waals surface area contributed by atoms with Crippen LogP contribution in [-0.4, -0.2) is 60.4 Å². The smallest absolute Gasteiger partial charge is 0.306 e. The van der Waals surface area contributed by atoms with E-state index in [4.69, 9.17) is 9.47 Å². The average Bonchev–Trinajstić information content (AvgIpc) is 3.03.